The molecular formula is C23H24F3N5O. The molecule has 9 heteroatoms. The first-order valence-corrected chi connectivity index (χ1v) is 10.7. The van der Waals surface area contributed by atoms with Crippen LogP contribution in [0.3, 0.4) is 0 Å². The van der Waals surface area contributed by atoms with Gasteiger partial charge in [0.2, 0.25) is 5.91 Å². The van der Waals surface area contributed by atoms with Crippen LogP contribution in [0.2, 0.25) is 0 Å². The average Bonchev–Trinajstić information content (AvgIpc) is 3.28. The lowest BCUT2D eigenvalue weighted by Gasteiger charge is -2.41. The fourth-order valence-electron chi connectivity index (χ4n) is 4.47. The van der Waals surface area contributed by atoms with E-state index in [1.807, 2.05) is 12.1 Å². The van der Waals surface area contributed by atoms with Crippen molar-refractivity contribution in [1.29, 1.82) is 5.26 Å². The summed E-state index contributed by atoms with van der Waals surface area (Å²) in [5.41, 5.74) is -0.247. The Labute approximate surface area is 184 Å². The van der Waals surface area contributed by atoms with Crippen molar-refractivity contribution in [2.45, 2.75) is 37.4 Å². The second-order valence-electron chi connectivity index (χ2n) is 8.26. The normalized spacial score (nSPS) is 18.3. The monoisotopic (exact) mass is 443 g/mol. The number of nitrogens with one attached hydrogen (secondary N) is 1. The summed E-state index contributed by atoms with van der Waals surface area (Å²) in [5, 5.41) is 12.4. The number of benzene rings is 1. The van der Waals surface area contributed by atoms with Gasteiger partial charge in [0.1, 0.15) is 17.1 Å². The molecule has 0 atom stereocenters. The molecule has 168 valence electrons. The van der Waals surface area contributed by atoms with Gasteiger partial charge in [-0.25, -0.2) is 4.98 Å². The Balaban J connectivity index is 1.44. The average molecular weight is 443 g/mol. The molecule has 0 spiro atoms. The molecule has 1 saturated carbocycles. The van der Waals surface area contributed by atoms with E-state index in [1.54, 1.807) is 28.0 Å². The largest absolute Gasteiger partial charge is 0.433 e. The lowest BCUT2D eigenvalue weighted by molar-refractivity contribution is -0.141. The van der Waals surface area contributed by atoms with Gasteiger partial charge in [-0.1, -0.05) is 18.9 Å². The number of carbonyl (C=O) groups excluding carboxylic acids is 1. The zero-order valence-corrected chi connectivity index (χ0v) is 17.5. The van der Waals surface area contributed by atoms with Gasteiger partial charge in [-0.2, -0.15) is 18.4 Å². The Kier molecular flexibility index (Phi) is 5.96. The van der Waals surface area contributed by atoms with E-state index in [9.17, 15) is 18.0 Å². The minimum atomic E-state index is -4.49. The minimum Gasteiger partial charge on any atom is -0.371 e. The van der Waals surface area contributed by atoms with Crippen LogP contribution in [0, 0.1) is 11.3 Å². The van der Waals surface area contributed by atoms with E-state index in [0.717, 1.165) is 37.4 Å². The van der Waals surface area contributed by atoms with Crippen LogP contribution in [-0.4, -0.2) is 47.5 Å². The molecule has 6 nitrogen and oxygen atoms in total. The number of alkyl halides is 3. The molecule has 1 N–H and O–H groups in total. The highest BCUT2D eigenvalue weighted by Crippen LogP contribution is 2.35. The van der Waals surface area contributed by atoms with Gasteiger partial charge < -0.3 is 15.1 Å². The number of pyridine rings is 1. The van der Waals surface area contributed by atoms with Crippen LogP contribution in [0.1, 0.15) is 36.9 Å². The highest BCUT2D eigenvalue weighted by Gasteiger charge is 2.44. The van der Waals surface area contributed by atoms with E-state index < -0.39 is 17.4 Å². The fourth-order valence-corrected chi connectivity index (χ4v) is 4.47. The number of halogens is 3. The Morgan fingerprint density at radius 1 is 1.03 bits per heavy atom. The maximum Gasteiger partial charge on any atom is 0.433 e. The SMILES string of the molecule is N#Cc1ccc(NC2(C(=O)N3CCN(c4cccc(C(F)(F)F)n4)CC3)CCCC2)cc1. The molecule has 0 unspecified atom stereocenters. The van der Waals surface area contributed by atoms with Crippen molar-refractivity contribution < 1.29 is 18.0 Å². The minimum absolute atomic E-state index is 0.0241. The number of piperazine rings is 1. The quantitative estimate of drug-likeness (QED) is 0.772. The maximum atomic E-state index is 13.5. The van der Waals surface area contributed by atoms with E-state index in [-0.39, 0.29) is 11.7 Å². The number of hydrogen-bond donors (Lipinski definition) is 1. The summed E-state index contributed by atoms with van der Waals surface area (Å²) >= 11 is 0. The summed E-state index contributed by atoms with van der Waals surface area (Å²) in [5.74, 6) is 0.300. The number of carbonyl (C=O) groups is 1. The van der Waals surface area contributed by atoms with Gasteiger partial charge in [-0.15, -0.1) is 0 Å². The molecule has 1 aliphatic heterocycles. The maximum absolute atomic E-state index is 13.5. The number of aromatic nitrogens is 1. The van der Waals surface area contributed by atoms with Crippen molar-refractivity contribution >= 4 is 17.4 Å². The topological polar surface area (TPSA) is 72.3 Å². The lowest BCUT2D eigenvalue weighted by atomic mass is 9.94. The molecule has 2 fully saturated rings. The second-order valence-corrected chi connectivity index (χ2v) is 8.26. The van der Waals surface area contributed by atoms with Crippen LogP contribution >= 0.6 is 0 Å². The predicted octanol–water partition coefficient (Wildman–Crippen LogP) is 4.05. The van der Waals surface area contributed by atoms with Crippen LogP contribution in [0.5, 0.6) is 0 Å². The van der Waals surface area contributed by atoms with Crippen molar-refractivity contribution in [2.24, 2.45) is 0 Å². The molecule has 1 amide bonds. The molecule has 1 aromatic carbocycles. The van der Waals surface area contributed by atoms with Crippen molar-refractivity contribution in [1.82, 2.24) is 9.88 Å². The van der Waals surface area contributed by atoms with E-state index in [0.29, 0.717) is 31.7 Å². The molecule has 0 bridgehead atoms. The summed E-state index contributed by atoms with van der Waals surface area (Å²) in [7, 11) is 0. The zero-order chi connectivity index (χ0) is 22.8. The van der Waals surface area contributed by atoms with Gasteiger partial charge >= 0.3 is 6.18 Å². The lowest BCUT2D eigenvalue weighted by Crippen LogP contribution is -2.57. The third-order valence-electron chi connectivity index (χ3n) is 6.18. The number of amides is 1. The fraction of sp³-hybridized carbons (Fsp3) is 0.435. The molecule has 1 aromatic heterocycles. The smallest absolute Gasteiger partial charge is 0.371 e. The standard InChI is InChI=1S/C23H24F3N5O/c24-23(25,26)19-4-3-5-20(28-19)30-12-14-31(15-13-30)21(32)22(10-1-2-11-22)29-18-8-6-17(16-27)7-9-18/h3-9,29H,1-2,10-15H2. The summed E-state index contributed by atoms with van der Waals surface area (Å²) < 4.78 is 38.9. The Morgan fingerprint density at radius 2 is 1.69 bits per heavy atom. The van der Waals surface area contributed by atoms with Crippen molar-refractivity contribution in [3.8, 4) is 6.07 Å². The Hall–Kier alpha value is -3.28. The Bertz CT molecular complexity index is 1000. The third-order valence-corrected chi connectivity index (χ3v) is 6.18. The number of anilines is 2. The van der Waals surface area contributed by atoms with Crippen LogP contribution in [0.4, 0.5) is 24.7 Å². The molecule has 1 saturated heterocycles. The highest BCUT2D eigenvalue weighted by molar-refractivity contribution is 5.90. The van der Waals surface area contributed by atoms with Gasteiger partial charge in [0.05, 0.1) is 11.6 Å². The highest BCUT2D eigenvalue weighted by atomic mass is 19.4. The van der Waals surface area contributed by atoms with E-state index >= 15 is 0 Å². The van der Waals surface area contributed by atoms with E-state index in [2.05, 4.69) is 16.4 Å². The van der Waals surface area contributed by atoms with Crippen LogP contribution in [0.15, 0.2) is 42.5 Å². The Morgan fingerprint density at radius 3 is 2.28 bits per heavy atom. The molecule has 1 aliphatic carbocycles. The zero-order valence-electron chi connectivity index (χ0n) is 17.5. The summed E-state index contributed by atoms with van der Waals surface area (Å²) in [4.78, 5) is 20.9. The van der Waals surface area contributed by atoms with Gasteiger partial charge in [0.25, 0.3) is 0 Å². The molecule has 0 radical (unpaired) electrons. The first-order valence-electron chi connectivity index (χ1n) is 10.7. The van der Waals surface area contributed by atoms with Gasteiger partial charge in [0.15, 0.2) is 0 Å². The summed E-state index contributed by atoms with van der Waals surface area (Å²) in [6.45, 7) is 1.70. The van der Waals surface area contributed by atoms with Crippen molar-refractivity contribution in [3.05, 3.63) is 53.7 Å². The number of rotatable bonds is 4. The number of nitrogens with zero attached hydrogens (tertiary/aromatic N) is 4. The second kappa shape index (κ2) is 8.69. The predicted molar refractivity (Wildman–Crippen MR) is 114 cm³/mol. The van der Waals surface area contributed by atoms with Crippen molar-refractivity contribution in [2.75, 3.05) is 36.4 Å². The van der Waals surface area contributed by atoms with E-state index in [1.165, 1.54) is 6.07 Å². The third kappa shape index (κ3) is 4.49. The molecule has 2 heterocycles. The van der Waals surface area contributed by atoms with E-state index in [4.69, 9.17) is 5.26 Å². The summed E-state index contributed by atoms with van der Waals surface area (Å²) in [6.07, 6.45) is -1.14. The first-order chi connectivity index (χ1) is 15.3. The van der Waals surface area contributed by atoms with Crippen molar-refractivity contribution in [3.63, 3.8) is 0 Å². The van der Waals surface area contributed by atoms with Gasteiger partial charge in [-0.05, 0) is 49.2 Å². The molecule has 2 aromatic rings. The first kappa shape index (κ1) is 21.9. The van der Waals surface area contributed by atoms with Crippen LogP contribution < -0.4 is 10.2 Å². The number of nitriles is 1. The molecule has 2 aliphatic rings. The van der Waals surface area contributed by atoms with Gasteiger partial charge in [0, 0.05) is 31.9 Å². The molecule has 4 rings (SSSR count). The molecular weight excluding hydrogens is 419 g/mol. The molecule has 32 heavy (non-hydrogen) atoms. The van der Waals surface area contributed by atoms with Gasteiger partial charge in [-0.3, -0.25) is 4.79 Å². The summed E-state index contributed by atoms with van der Waals surface area (Å²) in [6, 6.07) is 13.0. The van der Waals surface area contributed by atoms with Crippen LogP contribution in [0.25, 0.3) is 0 Å². The number of hydrogen-bond acceptors (Lipinski definition) is 5. The van der Waals surface area contributed by atoms with Crippen LogP contribution in [-0.2, 0) is 11.0 Å².